The quantitative estimate of drug-likeness (QED) is 0.613. The first-order valence-electron chi connectivity index (χ1n) is 3.74. The number of aliphatic carboxylic acids is 2. The van der Waals surface area contributed by atoms with Crippen molar-refractivity contribution in [1.29, 1.82) is 0 Å². The van der Waals surface area contributed by atoms with E-state index in [4.69, 9.17) is 19.7 Å². The molecule has 0 aromatic rings. The Kier molecular flexibility index (Phi) is 2.84. The van der Waals surface area contributed by atoms with Crippen molar-refractivity contribution in [2.24, 2.45) is 0 Å². The van der Waals surface area contributed by atoms with E-state index in [9.17, 15) is 9.59 Å². The average molecular weight is 190 g/mol. The molecule has 0 aliphatic carbocycles. The Morgan fingerprint density at radius 2 is 2.00 bits per heavy atom. The van der Waals surface area contributed by atoms with Crippen LogP contribution < -0.4 is 0 Å². The molecule has 0 spiro atoms. The number of ether oxygens (including phenoxy) is 2. The van der Waals surface area contributed by atoms with Gasteiger partial charge in [0.25, 0.3) is 0 Å². The van der Waals surface area contributed by atoms with Gasteiger partial charge in [0.2, 0.25) is 0 Å². The van der Waals surface area contributed by atoms with E-state index < -0.39 is 24.0 Å². The standard InChI is InChI=1S/C7H10O6/c8-5(9)3-7(6(10)11)4-12-1-2-13-7/h1-4H2,(H,8,9)(H,10,11). The molecular weight excluding hydrogens is 180 g/mol. The Bertz CT molecular complexity index is 217. The van der Waals surface area contributed by atoms with Crippen LogP contribution in [0.15, 0.2) is 0 Å². The smallest absolute Gasteiger partial charge is 0.339 e. The van der Waals surface area contributed by atoms with E-state index in [0.717, 1.165) is 0 Å². The van der Waals surface area contributed by atoms with Gasteiger partial charge in [0.1, 0.15) is 0 Å². The summed E-state index contributed by atoms with van der Waals surface area (Å²) in [6, 6.07) is 0. The molecule has 0 bridgehead atoms. The van der Waals surface area contributed by atoms with E-state index in [-0.39, 0.29) is 13.2 Å². The Hall–Kier alpha value is -1.14. The van der Waals surface area contributed by atoms with Gasteiger partial charge < -0.3 is 19.7 Å². The van der Waals surface area contributed by atoms with Gasteiger partial charge in [0.15, 0.2) is 5.60 Å². The van der Waals surface area contributed by atoms with Gasteiger partial charge in [-0.1, -0.05) is 0 Å². The predicted octanol–water partition coefficient (Wildman–Crippen LogP) is -0.669. The molecule has 0 aromatic heterocycles. The highest BCUT2D eigenvalue weighted by molar-refractivity contribution is 5.84. The zero-order valence-electron chi connectivity index (χ0n) is 6.86. The number of carboxylic acids is 2. The predicted molar refractivity (Wildman–Crippen MR) is 39.4 cm³/mol. The zero-order valence-corrected chi connectivity index (χ0v) is 6.86. The highest BCUT2D eigenvalue weighted by Crippen LogP contribution is 2.20. The van der Waals surface area contributed by atoms with E-state index >= 15 is 0 Å². The molecule has 6 heteroatoms. The molecule has 0 saturated carbocycles. The first-order valence-corrected chi connectivity index (χ1v) is 3.74. The molecule has 13 heavy (non-hydrogen) atoms. The third kappa shape index (κ3) is 2.16. The van der Waals surface area contributed by atoms with Crippen molar-refractivity contribution >= 4 is 11.9 Å². The van der Waals surface area contributed by atoms with Crippen molar-refractivity contribution in [3.63, 3.8) is 0 Å². The lowest BCUT2D eigenvalue weighted by Crippen LogP contribution is -2.51. The van der Waals surface area contributed by atoms with Gasteiger partial charge in [-0.25, -0.2) is 4.79 Å². The van der Waals surface area contributed by atoms with E-state index in [2.05, 4.69) is 0 Å². The summed E-state index contributed by atoms with van der Waals surface area (Å²) in [5.41, 5.74) is -1.70. The summed E-state index contributed by atoms with van der Waals surface area (Å²) >= 11 is 0. The van der Waals surface area contributed by atoms with Crippen LogP contribution >= 0.6 is 0 Å². The maximum atomic E-state index is 10.7. The Morgan fingerprint density at radius 1 is 1.31 bits per heavy atom. The number of rotatable bonds is 3. The number of carbonyl (C=O) groups is 2. The monoisotopic (exact) mass is 190 g/mol. The fraction of sp³-hybridized carbons (Fsp3) is 0.714. The Morgan fingerprint density at radius 3 is 2.38 bits per heavy atom. The first-order chi connectivity index (χ1) is 6.07. The first kappa shape index (κ1) is 9.94. The molecule has 6 nitrogen and oxygen atoms in total. The summed E-state index contributed by atoms with van der Waals surface area (Å²) < 4.78 is 9.81. The van der Waals surface area contributed by atoms with Gasteiger partial charge in [-0.15, -0.1) is 0 Å². The van der Waals surface area contributed by atoms with E-state index in [1.807, 2.05) is 0 Å². The van der Waals surface area contributed by atoms with Crippen molar-refractivity contribution in [1.82, 2.24) is 0 Å². The maximum Gasteiger partial charge on any atom is 0.339 e. The summed E-state index contributed by atoms with van der Waals surface area (Å²) in [6.45, 7) is 0.197. The van der Waals surface area contributed by atoms with Crippen LogP contribution in [0.25, 0.3) is 0 Å². The summed E-state index contributed by atoms with van der Waals surface area (Å²) in [4.78, 5) is 21.1. The van der Waals surface area contributed by atoms with Crippen LogP contribution in [0.4, 0.5) is 0 Å². The minimum atomic E-state index is -1.70. The lowest BCUT2D eigenvalue weighted by molar-refractivity contribution is -0.199. The molecule has 1 aliphatic heterocycles. The minimum Gasteiger partial charge on any atom is -0.481 e. The zero-order chi connectivity index (χ0) is 9.90. The van der Waals surface area contributed by atoms with Gasteiger partial charge in [-0.3, -0.25) is 4.79 Å². The summed E-state index contributed by atoms with van der Waals surface area (Å²) in [5.74, 6) is -2.51. The molecular formula is C7H10O6. The van der Waals surface area contributed by atoms with Crippen molar-refractivity contribution < 1.29 is 29.3 Å². The fourth-order valence-corrected chi connectivity index (χ4v) is 1.12. The van der Waals surface area contributed by atoms with Gasteiger partial charge in [-0.05, 0) is 0 Å². The van der Waals surface area contributed by atoms with Gasteiger partial charge >= 0.3 is 11.9 Å². The van der Waals surface area contributed by atoms with Gasteiger partial charge in [0.05, 0.1) is 26.2 Å². The molecule has 74 valence electrons. The van der Waals surface area contributed by atoms with Crippen LogP contribution in [0, 0.1) is 0 Å². The summed E-state index contributed by atoms with van der Waals surface area (Å²) in [5, 5.41) is 17.3. The maximum absolute atomic E-state index is 10.7. The van der Waals surface area contributed by atoms with Crippen LogP contribution in [0.5, 0.6) is 0 Å². The molecule has 1 atom stereocenters. The van der Waals surface area contributed by atoms with Gasteiger partial charge in [-0.2, -0.15) is 0 Å². The van der Waals surface area contributed by atoms with E-state index in [1.54, 1.807) is 0 Å². The van der Waals surface area contributed by atoms with Crippen LogP contribution in [0.2, 0.25) is 0 Å². The molecule has 1 saturated heterocycles. The highest BCUT2D eigenvalue weighted by atomic mass is 16.6. The van der Waals surface area contributed by atoms with Crippen LogP contribution in [0.3, 0.4) is 0 Å². The van der Waals surface area contributed by atoms with E-state index in [1.165, 1.54) is 0 Å². The molecule has 1 aliphatic rings. The highest BCUT2D eigenvalue weighted by Gasteiger charge is 2.44. The molecule has 0 amide bonds. The van der Waals surface area contributed by atoms with Crippen molar-refractivity contribution in [3.05, 3.63) is 0 Å². The lowest BCUT2D eigenvalue weighted by atomic mass is 10.0. The largest absolute Gasteiger partial charge is 0.481 e. The molecule has 1 rings (SSSR count). The second-order valence-electron chi connectivity index (χ2n) is 2.77. The average Bonchev–Trinajstić information content (AvgIpc) is 2.04. The fourth-order valence-electron chi connectivity index (χ4n) is 1.12. The molecule has 0 radical (unpaired) electrons. The molecule has 0 aromatic carbocycles. The van der Waals surface area contributed by atoms with Crippen LogP contribution in [-0.4, -0.2) is 47.6 Å². The lowest BCUT2D eigenvalue weighted by Gasteiger charge is -2.31. The third-order valence-corrected chi connectivity index (χ3v) is 1.77. The normalized spacial score (nSPS) is 28.3. The van der Waals surface area contributed by atoms with Crippen molar-refractivity contribution in [2.75, 3.05) is 19.8 Å². The van der Waals surface area contributed by atoms with E-state index in [0.29, 0.717) is 6.61 Å². The van der Waals surface area contributed by atoms with Crippen LogP contribution in [-0.2, 0) is 19.1 Å². The SMILES string of the molecule is O=C(O)CC1(C(=O)O)COCCO1. The Labute approximate surface area is 74.1 Å². The topological polar surface area (TPSA) is 93.1 Å². The van der Waals surface area contributed by atoms with Crippen molar-refractivity contribution in [2.45, 2.75) is 12.0 Å². The third-order valence-electron chi connectivity index (χ3n) is 1.77. The molecule has 1 heterocycles. The number of carboxylic acid groups (broad SMARTS) is 2. The van der Waals surface area contributed by atoms with Crippen LogP contribution in [0.1, 0.15) is 6.42 Å². The second kappa shape index (κ2) is 3.71. The Balaban J connectivity index is 2.73. The second-order valence-corrected chi connectivity index (χ2v) is 2.77. The number of hydrogen-bond donors (Lipinski definition) is 2. The minimum absolute atomic E-state index is 0.111. The summed E-state index contributed by atoms with van der Waals surface area (Å²) in [6.07, 6.45) is -0.581. The molecule has 1 unspecified atom stereocenters. The van der Waals surface area contributed by atoms with Crippen molar-refractivity contribution in [3.8, 4) is 0 Å². The number of hydrogen-bond acceptors (Lipinski definition) is 4. The molecule has 2 N–H and O–H groups in total. The van der Waals surface area contributed by atoms with Gasteiger partial charge in [0, 0.05) is 0 Å². The summed E-state index contributed by atoms with van der Waals surface area (Å²) in [7, 11) is 0. The molecule has 1 fully saturated rings.